The number of hydrogen-bond acceptors (Lipinski definition) is 4. The second-order valence-electron chi connectivity index (χ2n) is 4.06. The van der Waals surface area contributed by atoms with E-state index in [1.165, 1.54) is 5.56 Å². The lowest BCUT2D eigenvalue weighted by atomic mass is 10.1. The molecule has 0 aliphatic heterocycles. The molecule has 4 nitrogen and oxygen atoms in total. The maximum atomic E-state index is 5.67. The topological polar surface area (TPSA) is 64.9 Å². The quantitative estimate of drug-likeness (QED) is 0.838. The van der Waals surface area contributed by atoms with E-state index in [9.17, 15) is 0 Å². The highest BCUT2D eigenvalue weighted by atomic mass is 16.5. The van der Waals surface area contributed by atoms with Crippen molar-refractivity contribution < 1.29 is 4.52 Å². The van der Waals surface area contributed by atoms with E-state index in [4.69, 9.17) is 10.3 Å². The van der Waals surface area contributed by atoms with Gasteiger partial charge in [-0.15, -0.1) is 0 Å². The Morgan fingerprint density at radius 3 is 2.62 bits per heavy atom. The van der Waals surface area contributed by atoms with Gasteiger partial charge in [-0.1, -0.05) is 28.9 Å². The Bertz CT molecular complexity index is 503. The van der Waals surface area contributed by atoms with E-state index in [0.717, 1.165) is 11.1 Å². The van der Waals surface area contributed by atoms with Gasteiger partial charge in [-0.2, -0.15) is 4.98 Å². The molecule has 0 unspecified atom stereocenters. The van der Waals surface area contributed by atoms with Gasteiger partial charge >= 0.3 is 0 Å². The third-order valence-electron chi connectivity index (χ3n) is 2.45. The number of nitrogens with zero attached hydrogens (tertiary/aromatic N) is 2. The zero-order chi connectivity index (χ0) is 11.7. The first-order valence-electron chi connectivity index (χ1n) is 5.24. The van der Waals surface area contributed by atoms with Crippen LogP contribution in [-0.4, -0.2) is 10.1 Å². The number of rotatable bonds is 2. The van der Waals surface area contributed by atoms with Crippen LogP contribution < -0.4 is 5.73 Å². The zero-order valence-corrected chi connectivity index (χ0v) is 9.69. The molecular formula is C12H15N3O. The summed E-state index contributed by atoms with van der Waals surface area (Å²) in [5, 5.41) is 3.93. The van der Waals surface area contributed by atoms with Crippen LogP contribution in [-0.2, 0) is 0 Å². The standard InChI is InChI=1S/C12H15N3O/c1-7-4-5-10(8(2)6-7)11-14-12(9(3)13)16-15-11/h4-6,9H,13H2,1-3H3/t9-/m0/s1. The second kappa shape index (κ2) is 4.06. The molecule has 0 amide bonds. The fourth-order valence-electron chi connectivity index (χ4n) is 1.59. The lowest BCUT2D eigenvalue weighted by Gasteiger charge is -2.01. The van der Waals surface area contributed by atoms with Crippen LogP contribution in [0.2, 0.25) is 0 Å². The molecule has 0 spiro atoms. The molecule has 1 atom stereocenters. The van der Waals surface area contributed by atoms with Crippen LogP contribution in [0.4, 0.5) is 0 Å². The van der Waals surface area contributed by atoms with Gasteiger partial charge in [0.1, 0.15) is 0 Å². The molecule has 0 bridgehead atoms. The first kappa shape index (κ1) is 10.8. The monoisotopic (exact) mass is 217 g/mol. The molecule has 0 radical (unpaired) electrons. The summed E-state index contributed by atoms with van der Waals surface area (Å²) in [5.41, 5.74) is 9.01. The van der Waals surface area contributed by atoms with Crippen molar-refractivity contribution in [3.63, 3.8) is 0 Å². The summed E-state index contributed by atoms with van der Waals surface area (Å²) in [6.45, 7) is 5.91. The van der Waals surface area contributed by atoms with Gasteiger partial charge in [0.25, 0.3) is 0 Å². The molecular weight excluding hydrogens is 202 g/mol. The Morgan fingerprint density at radius 2 is 2.06 bits per heavy atom. The molecule has 16 heavy (non-hydrogen) atoms. The average molecular weight is 217 g/mol. The molecule has 0 aliphatic rings. The molecule has 2 rings (SSSR count). The summed E-state index contributed by atoms with van der Waals surface area (Å²) in [7, 11) is 0. The van der Waals surface area contributed by atoms with Crippen LogP contribution in [0.15, 0.2) is 22.7 Å². The predicted octanol–water partition coefficient (Wildman–Crippen LogP) is 2.37. The number of aryl methyl sites for hydroxylation is 2. The lowest BCUT2D eigenvalue weighted by Crippen LogP contribution is -2.04. The largest absolute Gasteiger partial charge is 0.337 e. The van der Waals surface area contributed by atoms with Crippen molar-refractivity contribution in [1.29, 1.82) is 0 Å². The van der Waals surface area contributed by atoms with Crippen molar-refractivity contribution in [3.8, 4) is 11.4 Å². The van der Waals surface area contributed by atoms with Crippen molar-refractivity contribution in [2.24, 2.45) is 5.73 Å². The van der Waals surface area contributed by atoms with Gasteiger partial charge in [0.2, 0.25) is 11.7 Å². The van der Waals surface area contributed by atoms with Crippen LogP contribution in [0.25, 0.3) is 11.4 Å². The van der Waals surface area contributed by atoms with Crippen molar-refractivity contribution in [1.82, 2.24) is 10.1 Å². The molecule has 0 saturated carbocycles. The minimum absolute atomic E-state index is 0.230. The van der Waals surface area contributed by atoms with E-state index in [1.54, 1.807) is 0 Å². The minimum atomic E-state index is -0.230. The van der Waals surface area contributed by atoms with Crippen molar-refractivity contribution in [2.75, 3.05) is 0 Å². The average Bonchev–Trinajstić information content (AvgIpc) is 2.66. The zero-order valence-electron chi connectivity index (χ0n) is 9.69. The van der Waals surface area contributed by atoms with E-state index < -0.39 is 0 Å². The fraction of sp³-hybridized carbons (Fsp3) is 0.333. The van der Waals surface area contributed by atoms with Gasteiger partial charge in [-0.05, 0) is 26.3 Å². The molecule has 1 aromatic heterocycles. The van der Waals surface area contributed by atoms with E-state index in [-0.39, 0.29) is 6.04 Å². The van der Waals surface area contributed by atoms with E-state index in [0.29, 0.717) is 11.7 Å². The van der Waals surface area contributed by atoms with Crippen molar-refractivity contribution in [2.45, 2.75) is 26.8 Å². The van der Waals surface area contributed by atoms with E-state index in [1.807, 2.05) is 26.0 Å². The Morgan fingerprint density at radius 1 is 1.31 bits per heavy atom. The number of benzene rings is 1. The first-order chi connectivity index (χ1) is 7.58. The second-order valence-corrected chi connectivity index (χ2v) is 4.06. The smallest absolute Gasteiger partial charge is 0.243 e. The molecule has 0 fully saturated rings. The summed E-state index contributed by atoms with van der Waals surface area (Å²) in [6.07, 6.45) is 0. The Hall–Kier alpha value is -1.68. The number of nitrogens with two attached hydrogens (primary N) is 1. The summed E-state index contributed by atoms with van der Waals surface area (Å²) in [6, 6.07) is 5.90. The highest BCUT2D eigenvalue weighted by Gasteiger charge is 2.13. The van der Waals surface area contributed by atoms with Gasteiger partial charge < -0.3 is 10.3 Å². The molecule has 4 heteroatoms. The van der Waals surface area contributed by atoms with Gasteiger partial charge in [-0.25, -0.2) is 0 Å². The molecule has 1 aromatic carbocycles. The maximum absolute atomic E-state index is 5.67. The minimum Gasteiger partial charge on any atom is -0.337 e. The normalized spacial score (nSPS) is 12.8. The summed E-state index contributed by atoms with van der Waals surface area (Å²) >= 11 is 0. The third-order valence-corrected chi connectivity index (χ3v) is 2.45. The third kappa shape index (κ3) is 1.97. The Balaban J connectivity index is 2.42. The van der Waals surface area contributed by atoms with Gasteiger partial charge in [-0.3, -0.25) is 0 Å². The van der Waals surface area contributed by atoms with Crippen LogP contribution >= 0.6 is 0 Å². The number of hydrogen-bond donors (Lipinski definition) is 1. The van der Waals surface area contributed by atoms with Gasteiger partial charge in [0, 0.05) is 5.56 Å². The number of aromatic nitrogens is 2. The maximum Gasteiger partial charge on any atom is 0.243 e. The van der Waals surface area contributed by atoms with Crippen LogP contribution in [0, 0.1) is 13.8 Å². The fourth-order valence-corrected chi connectivity index (χ4v) is 1.59. The molecule has 2 N–H and O–H groups in total. The molecule has 0 aliphatic carbocycles. The molecule has 2 aromatic rings. The van der Waals surface area contributed by atoms with Gasteiger partial charge in [0.05, 0.1) is 6.04 Å². The summed E-state index contributed by atoms with van der Waals surface area (Å²) in [4.78, 5) is 4.27. The Labute approximate surface area is 94.5 Å². The molecule has 1 heterocycles. The highest BCUT2D eigenvalue weighted by molar-refractivity contribution is 5.59. The van der Waals surface area contributed by atoms with E-state index in [2.05, 4.69) is 23.1 Å². The molecule has 84 valence electrons. The van der Waals surface area contributed by atoms with Crippen LogP contribution in [0.1, 0.15) is 30.0 Å². The summed E-state index contributed by atoms with van der Waals surface area (Å²) < 4.78 is 5.08. The predicted molar refractivity (Wildman–Crippen MR) is 61.8 cm³/mol. The highest BCUT2D eigenvalue weighted by Crippen LogP contribution is 2.22. The SMILES string of the molecule is Cc1ccc(-c2noc([C@H](C)N)n2)c(C)c1. The van der Waals surface area contributed by atoms with Gasteiger partial charge in [0.15, 0.2) is 0 Å². The van der Waals surface area contributed by atoms with E-state index >= 15 is 0 Å². The van der Waals surface area contributed by atoms with Crippen molar-refractivity contribution in [3.05, 3.63) is 35.2 Å². The lowest BCUT2D eigenvalue weighted by molar-refractivity contribution is 0.362. The van der Waals surface area contributed by atoms with Crippen LogP contribution in [0.5, 0.6) is 0 Å². The summed E-state index contributed by atoms with van der Waals surface area (Å²) in [5.74, 6) is 1.07. The first-order valence-corrected chi connectivity index (χ1v) is 5.24. The van der Waals surface area contributed by atoms with Crippen molar-refractivity contribution >= 4 is 0 Å². The Kier molecular flexibility index (Phi) is 2.75. The molecule has 0 saturated heterocycles. The van der Waals surface area contributed by atoms with Crippen LogP contribution in [0.3, 0.4) is 0 Å².